The molecule has 41 heavy (non-hydrogen) atoms. The molecule has 0 fully saturated rings. The minimum absolute atomic E-state index is 0.0129. The van der Waals surface area contributed by atoms with Crippen LogP contribution in [0.3, 0.4) is 0 Å². The first-order valence-corrected chi connectivity index (χ1v) is 17.8. The fraction of sp³-hybridized carbons (Fsp3) is 0.933. The second kappa shape index (κ2) is 31.7. The van der Waals surface area contributed by atoms with E-state index in [1.54, 1.807) is 0 Å². The molecule has 0 radical (unpaired) electrons. The molecule has 0 spiro atoms. The molecular weight excluding hydrogens is 543 g/mol. The van der Waals surface area contributed by atoms with E-state index in [0.717, 1.165) is 25.7 Å². The van der Waals surface area contributed by atoms with Crippen LogP contribution in [-0.2, 0) is 18.4 Å². The molecule has 0 aromatic rings. The summed E-state index contributed by atoms with van der Waals surface area (Å²) in [6, 6.07) is -0.820. The van der Waals surface area contributed by atoms with Gasteiger partial charge in [-0.2, -0.15) is 0 Å². The number of unbranched alkanes of at least 4 members (excludes halogenated alkanes) is 18. The van der Waals surface area contributed by atoms with Crippen molar-refractivity contribution in [2.24, 2.45) is 22.2 Å². The highest BCUT2D eigenvalue weighted by molar-refractivity contribution is 7.47. The van der Waals surface area contributed by atoms with Crippen molar-refractivity contribution in [1.82, 2.24) is 0 Å². The van der Waals surface area contributed by atoms with Crippen molar-refractivity contribution in [3.8, 4) is 0 Å². The van der Waals surface area contributed by atoms with E-state index < -0.39 is 19.8 Å². The second-order valence-corrected chi connectivity index (χ2v) is 12.3. The highest BCUT2D eigenvalue weighted by atomic mass is 31.2. The number of carbonyl (C=O) groups is 1. The van der Waals surface area contributed by atoms with Gasteiger partial charge in [0.15, 0.2) is 5.96 Å². The average molecular weight is 609 g/mol. The number of aliphatic imine (C=N–C) groups is 1. The molecule has 0 heterocycles. The van der Waals surface area contributed by atoms with Gasteiger partial charge in [-0.25, -0.2) is 4.57 Å². The van der Waals surface area contributed by atoms with E-state index in [1.807, 2.05) is 0 Å². The highest BCUT2D eigenvalue weighted by Gasteiger charge is 2.19. The van der Waals surface area contributed by atoms with Crippen molar-refractivity contribution in [3.63, 3.8) is 0 Å². The summed E-state index contributed by atoms with van der Waals surface area (Å²) in [5.74, 6) is -0.987. The van der Waals surface area contributed by atoms with Crippen molar-refractivity contribution in [3.05, 3.63) is 0 Å². The van der Waals surface area contributed by atoms with Gasteiger partial charge in [-0.3, -0.25) is 18.8 Å². The lowest BCUT2D eigenvalue weighted by Gasteiger charge is -2.12. The zero-order chi connectivity index (χ0) is 31.0. The van der Waals surface area contributed by atoms with Gasteiger partial charge in [0, 0.05) is 6.54 Å². The Morgan fingerprint density at radius 3 is 1.34 bits per heavy atom. The molecular formula is C30H65N4O6P. The van der Waals surface area contributed by atoms with Gasteiger partial charge in [0.2, 0.25) is 0 Å². The number of guanidine groups is 1. The predicted molar refractivity (Wildman–Crippen MR) is 171 cm³/mol. The molecule has 0 saturated carbocycles. The van der Waals surface area contributed by atoms with Crippen LogP contribution in [0, 0.1) is 0 Å². The van der Waals surface area contributed by atoms with Crippen LogP contribution >= 0.6 is 7.82 Å². The minimum Gasteiger partial charge on any atom is -0.480 e. The molecule has 0 bridgehead atoms. The number of nitrogens with two attached hydrogens (primary N) is 3. The quantitative estimate of drug-likeness (QED) is 0.0249. The number of rotatable bonds is 29. The number of carboxylic acid groups (broad SMARTS) is 1. The number of hydrogen-bond acceptors (Lipinski definition) is 6. The van der Waals surface area contributed by atoms with Crippen molar-refractivity contribution >= 4 is 19.8 Å². The Balaban J connectivity index is 0. The minimum atomic E-state index is -3.85. The van der Waals surface area contributed by atoms with E-state index in [-0.39, 0.29) is 5.96 Å². The molecule has 11 heteroatoms. The molecule has 0 amide bonds. The Labute approximate surface area is 251 Å². The van der Waals surface area contributed by atoms with Crippen LogP contribution in [-0.4, -0.2) is 47.7 Å². The van der Waals surface area contributed by atoms with Gasteiger partial charge >= 0.3 is 13.8 Å². The van der Waals surface area contributed by atoms with Crippen molar-refractivity contribution < 1.29 is 28.4 Å². The summed E-state index contributed by atoms with van der Waals surface area (Å²) in [4.78, 5) is 23.6. The highest BCUT2D eigenvalue weighted by Crippen LogP contribution is 2.43. The fourth-order valence-electron chi connectivity index (χ4n) is 4.22. The Morgan fingerprint density at radius 1 is 0.683 bits per heavy atom. The smallest absolute Gasteiger partial charge is 0.472 e. The number of phosphoric ester groups is 1. The van der Waals surface area contributed by atoms with Gasteiger partial charge in [-0.15, -0.1) is 0 Å². The molecule has 1 atom stereocenters. The maximum absolute atomic E-state index is 11.8. The molecule has 10 nitrogen and oxygen atoms in total. The third-order valence-electron chi connectivity index (χ3n) is 6.79. The first-order chi connectivity index (χ1) is 19.7. The third-order valence-corrected chi connectivity index (χ3v) is 7.81. The third kappa shape index (κ3) is 36.8. The van der Waals surface area contributed by atoms with E-state index in [9.17, 15) is 14.3 Å². The van der Waals surface area contributed by atoms with Gasteiger partial charge in [-0.1, -0.05) is 129 Å². The number of nitrogens with zero attached hydrogens (tertiary/aromatic N) is 1. The molecule has 0 aromatic heterocycles. The molecule has 0 aromatic carbocycles. The molecule has 8 N–H and O–H groups in total. The normalized spacial score (nSPS) is 12.0. The van der Waals surface area contributed by atoms with Gasteiger partial charge in [0.1, 0.15) is 6.04 Å². The van der Waals surface area contributed by atoms with Gasteiger partial charge in [0.25, 0.3) is 0 Å². The summed E-state index contributed by atoms with van der Waals surface area (Å²) < 4.78 is 22.0. The van der Waals surface area contributed by atoms with Crippen molar-refractivity contribution in [2.45, 2.75) is 161 Å². The van der Waals surface area contributed by atoms with E-state index in [2.05, 4.69) is 18.8 Å². The lowest BCUT2D eigenvalue weighted by Crippen LogP contribution is -2.30. The van der Waals surface area contributed by atoms with E-state index >= 15 is 0 Å². The Morgan fingerprint density at radius 2 is 1.02 bits per heavy atom. The Kier molecular flexibility index (Phi) is 32.5. The van der Waals surface area contributed by atoms with Crippen LogP contribution in [0.2, 0.25) is 0 Å². The largest absolute Gasteiger partial charge is 0.480 e. The maximum atomic E-state index is 11.8. The van der Waals surface area contributed by atoms with Crippen LogP contribution in [0.1, 0.15) is 155 Å². The summed E-state index contributed by atoms with van der Waals surface area (Å²) >= 11 is 0. The summed E-state index contributed by atoms with van der Waals surface area (Å²) in [5, 5.41) is 8.38. The standard InChI is InChI=1S/C24H51O4P.C6H14N4O2/c1-3-5-7-9-11-13-15-17-19-21-23-27-29(25,26)28-24-22-20-18-16-14-12-10-8-6-4-2;7-4(5(11)12)2-1-3-10-6(8)9/h3-24H2,1-2H3,(H,25,26);4H,1-3,7H2,(H,11,12)(H4,8,9,10)/t;4-/m.0/s1. The maximum Gasteiger partial charge on any atom is 0.472 e. The van der Waals surface area contributed by atoms with E-state index in [0.29, 0.717) is 32.6 Å². The molecule has 0 saturated heterocycles. The first kappa shape index (κ1) is 41.9. The summed E-state index contributed by atoms with van der Waals surface area (Å²) in [6.07, 6.45) is 25.7. The molecule has 0 aliphatic carbocycles. The summed E-state index contributed by atoms with van der Waals surface area (Å²) in [6.45, 7) is 5.56. The fourth-order valence-corrected chi connectivity index (χ4v) is 5.01. The molecule has 0 rings (SSSR count). The van der Waals surface area contributed by atoms with Gasteiger partial charge in [0.05, 0.1) is 13.2 Å². The molecule has 0 aliphatic rings. The van der Waals surface area contributed by atoms with E-state index in [4.69, 9.17) is 31.4 Å². The van der Waals surface area contributed by atoms with Crippen LogP contribution < -0.4 is 17.2 Å². The van der Waals surface area contributed by atoms with Crippen LogP contribution in [0.15, 0.2) is 4.99 Å². The Bertz CT molecular complexity index is 620. The Hall–Kier alpha value is -1.19. The molecule has 246 valence electrons. The number of carboxylic acids is 1. The predicted octanol–water partition coefficient (Wildman–Crippen LogP) is 7.41. The monoisotopic (exact) mass is 608 g/mol. The van der Waals surface area contributed by atoms with Gasteiger partial charge in [-0.05, 0) is 25.7 Å². The first-order valence-electron chi connectivity index (χ1n) is 16.3. The SMILES string of the molecule is CCCCCCCCCCCCOP(=O)(O)OCCCCCCCCCCCC.NC(N)=NCCC[C@H](N)C(=O)O. The number of aliphatic carboxylic acids is 1. The average Bonchev–Trinajstić information content (AvgIpc) is 2.92. The number of phosphoric acid groups is 1. The number of hydrogen-bond donors (Lipinski definition) is 5. The zero-order valence-corrected chi connectivity index (χ0v) is 27.3. The van der Waals surface area contributed by atoms with Crippen LogP contribution in [0.4, 0.5) is 0 Å². The molecule has 0 aliphatic heterocycles. The lowest BCUT2D eigenvalue weighted by atomic mass is 10.1. The molecule has 0 unspecified atom stereocenters. The van der Waals surface area contributed by atoms with Gasteiger partial charge < -0.3 is 27.2 Å². The van der Waals surface area contributed by atoms with Crippen molar-refractivity contribution in [2.75, 3.05) is 19.8 Å². The van der Waals surface area contributed by atoms with Crippen LogP contribution in [0.25, 0.3) is 0 Å². The van der Waals surface area contributed by atoms with Crippen LogP contribution in [0.5, 0.6) is 0 Å². The topological polar surface area (TPSA) is 183 Å². The zero-order valence-electron chi connectivity index (χ0n) is 26.4. The lowest BCUT2D eigenvalue weighted by molar-refractivity contribution is -0.138. The summed E-state index contributed by atoms with van der Waals surface area (Å²) in [7, 11) is -3.85. The van der Waals surface area contributed by atoms with E-state index in [1.165, 1.54) is 103 Å². The second-order valence-electron chi connectivity index (χ2n) is 10.9. The summed E-state index contributed by atoms with van der Waals surface area (Å²) in [5.41, 5.74) is 15.3. The van der Waals surface area contributed by atoms with Crippen molar-refractivity contribution in [1.29, 1.82) is 0 Å².